The number of nitrogens with zero attached hydrogens (tertiary/aromatic N) is 5. The van der Waals surface area contributed by atoms with Crippen molar-refractivity contribution in [3.05, 3.63) is 89.6 Å². The lowest BCUT2D eigenvalue weighted by molar-refractivity contribution is -0.119. The van der Waals surface area contributed by atoms with Crippen molar-refractivity contribution in [3.8, 4) is 5.75 Å². The van der Waals surface area contributed by atoms with Crippen LogP contribution in [0, 0.1) is 10.3 Å². The zero-order valence-electron chi connectivity index (χ0n) is 20.8. The average Bonchev–Trinajstić information content (AvgIpc) is 3.64. The maximum atomic E-state index is 13.7. The molecule has 0 bridgehead atoms. The first kappa shape index (κ1) is 27.3. The summed E-state index contributed by atoms with van der Waals surface area (Å²) in [5.74, 6) is 5.83. The van der Waals surface area contributed by atoms with Crippen LogP contribution in [0.1, 0.15) is 38.7 Å². The van der Waals surface area contributed by atoms with E-state index < -0.39 is 22.7 Å². The summed E-state index contributed by atoms with van der Waals surface area (Å²) < 4.78 is 8.65. The molecule has 0 unspecified atom stereocenters. The third-order valence-electron chi connectivity index (χ3n) is 6.20. The van der Waals surface area contributed by atoms with Crippen LogP contribution in [0.2, 0.25) is 10.0 Å². The quantitative estimate of drug-likeness (QED) is 0.314. The maximum Gasteiger partial charge on any atom is 0.353 e. The second-order valence-electron chi connectivity index (χ2n) is 9.59. The Hall–Kier alpha value is -3.70. The highest BCUT2D eigenvalue weighted by molar-refractivity contribution is 6.32. The zero-order valence-corrected chi connectivity index (χ0v) is 22.3. The first-order valence-corrected chi connectivity index (χ1v) is 12.6. The summed E-state index contributed by atoms with van der Waals surface area (Å²) in [5.41, 5.74) is -1.25. The van der Waals surface area contributed by atoms with Crippen molar-refractivity contribution in [1.29, 1.82) is 0 Å². The minimum absolute atomic E-state index is 0.0242. The number of nitrogen functional groups attached to an aromatic ring is 1. The van der Waals surface area contributed by atoms with Crippen LogP contribution >= 0.6 is 23.2 Å². The summed E-state index contributed by atoms with van der Waals surface area (Å²) >= 11 is 12.4. The molecule has 1 aromatic heterocycles. The molecule has 0 atom stereocenters. The maximum absolute atomic E-state index is 13.7. The largest absolute Gasteiger partial charge is 0.489 e. The van der Waals surface area contributed by atoms with Gasteiger partial charge in [-0.3, -0.25) is 9.36 Å². The molecule has 1 heterocycles. The van der Waals surface area contributed by atoms with Gasteiger partial charge in [0.25, 0.3) is 5.91 Å². The number of hydrogen-bond donors (Lipinski definition) is 1. The predicted molar refractivity (Wildman–Crippen MR) is 143 cm³/mol. The number of rotatable bonds is 9. The van der Waals surface area contributed by atoms with E-state index in [4.69, 9.17) is 33.8 Å². The number of ether oxygens (including phenoxy) is 1. The van der Waals surface area contributed by atoms with E-state index in [9.17, 15) is 19.3 Å². The monoisotopic (exact) mass is 560 g/mol. The summed E-state index contributed by atoms with van der Waals surface area (Å²) in [6.45, 7) is 3.68. The minimum atomic E-state index is -0.828. The van der Waals surface area contributed by atoms with E-state index in [0.29, 0.717) is 39.9 Å². The third-order valence-corrected chi connectivity index (χ3v) is 6.74. The Bertz CT molecular complexity index is 1570. The van der Waals surface area contributed by atoms with E-state index in [0.717, 1.165) is 9.24 Å². The van der Waals surface area contributed by atoms with Gasteiger partial charge in [0.05, 0.1) is 23.4 Å². The zero-order chi connectivity index (χ0) is 27.6. The van der Waals surface area contributed by atoms with E-state index >= 15 is 0 Å². The number of carbonyl (C=O) groups is 1. The van der Waals surface area contributed by atoms with Crippen molar-refractivity contribution in [1.82, 2.24) is 13.8 Å². The molecule has 1 aliphatic rings. The number of amides is 1. The van der Waals surface area contributed by atoms with E-state index in [1.165, 1.54) is 4.57 Å². The van der Waals surface area contributed by atoms with E-state index in [1.54, 1.807) is 42.5 Å². The number of halogens is 2. The molecule has 13 heteroatoms. The standard InChI is InChI=1S/C25H26Cl2N6O5/c1-15(2)38-20-8-7-18(11-19(20)27)29-22-31(13-16-3-5-17(26)6-4-16)23(35)32(24(36)33(22)28)14-25(9-10-25)12-21(34)30-37/h3-8,11,15H,9-10,12-14,28H2,1-2H3. The summed E-state index contributed by atoms with van der Waals surface area (Å²) in [5, 5.41) is 3.27. The van der Waals surface area contributed by atoms with Gasteiger partial charge in [0.15, 0.2) is 0 Å². The van der Waals surface area contributed by atoms with Crippen LogP contribution in [-0.2, 0) is 17.9 Å². The molecule has 1 saturated carbocycles. The molecule has 200 valence electrons. The molecule has 3 aromatic rings. The summed E-state index contributed by atoms with van der Waals surface area (Å²) in [6.07, 6.45) is 0.889. The topological polar surface area (TPSA) is 143 Å². The van der Waals surface area contributed by atoms with Crippen molar-refractivity contribution in [3.63, 3.8) is 0 Å². The fourth-order valence-corrected chi connectivity index (χ4v) is 4.44. The van der Waals surface area contributed by atoms with Crippen molar-refractivity contribution in [2.75, 3.05) is 5.84 Å². The molecule has 38 heavy (non-hydrogen) atoms. The predicted octanol–water partition coefficient (Wildman–Crippen LogP) is 3.36. The van der Waals surface area contributed by atoms with Gasteiger partial charge in [0, 0.05) is 23.2 Å². The molecule has 0 spiro atoms. The van der Waals surface area contributed by atoms with Crippen LogP contribution in [0.5, 0.6) is 5.75 Å². The highest BCUT2D eigenvalue weighted by Crippen LogP contribution is 2.50. The van der Waals surface area contributed by atoms with Gasteiger partial charge in [0.1, 0.15) is 5.75 Å². The van der Waals surface area contributed by atoms with Gasteiger partial charge in [-0.15, -0.1) is 4.91 Å². The molecule has 0 saturated heterocycles. The molecule has 2 aromatic carbocycles. The first-order valence-electron chi connectivity index (χ1n) is 11.9. The van der Waals surface area contributed by atoms with Crippen LogP contribution in [0.25, 0.3) is 0 Å². The Kier molecular flexibility index (Phi) is 7.89. The van der Waals surface area contributed by atoms with Crippen molar-refractivity contribution < 1.29 is 9.53 Å². The minimum Gasteiger partial charge on any atom is -0.489 e. The van der Waals surface area contributed by atoms with Crippen LogP contribution in [-0.4, -0.2) is 25.8 Å². The molecule has 0 radical (unpaired) electrons. The third kappa shape index (κ3) is 6.05. The van der Waals surface area contributed by atoms with E-state index in [1.807, 2.05) is 13.8 Å². The molecular weight excluding hydrogens is 535 g/mol. The van der Waals surface area contributed by atoms with Crippen molar-refractivity contribution >= 4 is 34.8 Å². The summed E-state index contributed by atoms with van der Waals surface area (Å²) in [7, 11) is 0. The van der Waals surface area contributed by atoms with Gasteiger partial charge < -0.3 is 10.6 Å². The van der Waals surface area contributed by atoms with Gasteiger partial charge in [-0.2, -0.15) is 4.68 Å². The highest BCUT2D eigenvalue weighted by Gasteiger charge is 2.45. The lowest BCUT2D eigenvalue weighted by atomic mass is 10.0. The number of nitroso groups, excluding NO2 is 1. The van der Waals surface area contributed by atoms with Crippen LogP contribution in [0.4, 0.5) is 5.69 Å². The number of nitrogens with two attached hydrogens (primary N) is 1. The van der Waals surface area contributed by atoms with Crippen LogP contribution in [0.3, 0.4) is 0 Å². The number of benzene rings is 2. The number of carbonyl (C=O) groups excluding carboxylic acids is 1. The Morgan fingerprint density at radius 1 is 1.08 bits per heavy atom. The van der Waals surface area contributed by atoms with Gasteiger partial charge >= 0.3 is 11.4 Å². The summed E-state index contributed by atoms with van der Waals surface area (Å²) in [6, 6.07) is 11.6. The molecule has 1 fully saturated rings. The first-order chi connectivity index (χ1) is 18.0. The molecular formula is C25H26Cl2N6O5. The van der Waals surface area contributed by atoms with Crippen molar-refractivity contribution in [2.45, 2.75) is 52.3 Å². The van der Waals surface area contributed by atoms with E-state index in [2.05, 4.69) is 10.2 Å². The second kappa shape index (κ2) is 11.0. The second-order valence-corrected chi connectivity index (χ2v) is 10.4. The van der Waals surface area contributed by atoms with Gasteiger partial charge in [-0.1, -0.05) is 35.3 Å². The van der Waals surface area contributed by atoms with Crippen LogP contribution < -0.4 is 27.6 Å². The van der Waals surface area contributed by atoms with Crippen molar-refractivity contribution in [2.24, 2.45) is 15.6 Å². The lowest BCUT2D eigenvalue weighted by Gasteiger charge is -2.18. The van der Waals surface area contributed by atoms with E-state index in [-0.39, 0.29) is 31.2 Å². The smallest absolute Gasteiger partial charge is 0.353 e. The molecule has 4 rings (SSSR count). The number of aromatic nitrogens is 3. The Labute approximate surface area is 227 Å². The number of hydrogen-bond acceptors (Lipinski definition) is 7. The van der Waals surface area contributed by atoms with Crippen LogP contribution in [0.15, 0.2) is 62.2 Å². The lowest BCUT2D eigenvalue weighted by Crippen LogP contribution is -2.58. The molecule has 1 aliphatic carbocycles. The Balaban J connectivity index is 1.86. The van der Waals surface area contributed by atoms with Gasteiger partial charge in [-0.25, -0.2) is 19.1 Å². The SMILES string of the molecule is CC(C)Oc1ccc(N=c2n(N)c(=O)n(CC3(CC(=O)N=O)CC3)c(=O)n2Cc2ccc(Cl)cc2)cc1Cl. The van der Waals surface area contributed by atoms with Gasteiger partial charge in [-0.05, 0) is 68.0 Å². The summed E-state index contributed by atoms with van der Waals surface area (Å²) in [4.78, 5) is 53.7. The molecule has 11 nitrogen and oxygen atoms in total. The highest BCUT2D eigenvalue weighted by atomic mass is 35.5. The Morgan fingerprint density at radius 3 is 2.34 bits per heavy atom. The van der Waals surface area contributed by atoms with Gasteiger partial charge in [0.2, 0.25) is 5.62 Å². The average molecular weight is 561 g/mol. The molecule has 1 amide bonds. The Morgan fingerprint density at radius 2 is 1.76 bits per heavy atom. The fourth-order valence-electron chi connectivity index (χ4n) is 4.10. The molecule has 0 aliphatic heterocycles. The normalized spacial score (nSPS) is 14.5. The fraction of sp³-hybridized carbons (Fsp3) is 0.360. The molecule has 2 N–H and O–H groups in total.